The summed E-state index contributed by atoms with van der Waals surface area (Å²) in [6.07, 6.45) is 2.23. The van der Waals surface area contributed by atoms with Crippen LogP contribution in [0.5, 0.6) is 11.5 Å². The van der Waals surface area contributed by atoms with Crippen molar-refractivity contribution >= 4 is 40.7 Å². The number of hydrogen-bond acceptors (Lipinski definition) is 8. The van der Waals surface area contributed by atoms with E-state index in [1.165, 1.54) is 42.3 Å². The first kappa shape index (κ1) is 28.5. The number of nitro groups is 1. The fraction of sp³-hybridized carbons (Fsp3) is 0.294. The lowest BCUT2D eigenvalue weighted by Gasteiger charge is -2.49. The number of para-hydroxylation sites is 1. The number of hydrogen-bond donors (Lipinski definition) is 1. The maximum Gasteiger partial charge on any atom is 0.271 e. The standard InChI is InChI=1S/C34H29N3O8/c1-34-26(31(40)36(33(34)42)18-7-4-3-5-8-18)17-25-22(29(34)23-12-11-21(45-2)16-27(23)38)13-14-24-28(25)32(41)35(30(24)39)19-9-6-10-20(15-19)37(43)44/h3-13,15-16,24-26,28-29,38H,14,17H2,1-2H3. The Balaban J connectivity index is 1.37. The molecular weight excluding hydrogens is 578 g/mol. The van der Waals surface area contributed by atoms with Crippen LogP contribution < -0.4 is 14.5 Å². The zero-order valence-electron chi connectivity index (χ0n) is 24.5. The predicted molar refractivity (Wildman–Crippen MR) is 161 cm³/mol. The molecule has 45 heavy (non-hydrogen) atoms. The number of phenols is 1. The average Bonchev–Trinajstić information content (AvgIpc) is 3.41. The van der Waals surface area contributed by atoms with Gasteiger partial charge in [-0.15, -0.1) is 0 Å². The number of non-ortho nitro benzene ring substituents is 1. The number of ether oxygens (including phenoxy) is 1. The van der Waals surface area contributed by atoms with E-state index < -0.39 is 63.6 Å². The molecular formula is C34H29N3O8. The molecule has 6 atom stereocenters. The van der Waals surface area contributed by atoms with Crippen molar-refractivity contribution in [2.45, 2.75) is 25.7 Å². The summed E-state index contributed by atoms with van der Waals surface area (Å²) in [4.78, 5) is 69.6. The molecule has 6 unspecified atom stereocenters. The van der Waals surface area contributed by atoms with Crippen LogP contribution in [-0.2, 0) is 19.2 Å². The van der Waals surface area contributed by atoms with Gasteiger partial charge in [0.1, 0.15) is 11.5 Å². The number of amides is 4. The number of fused-ring (bicyclic) bond motifs is 4. The summed E-state index contributed by atoms with van der Waals surface area (Å²) in [6.45, 7) is 1.75. The number of aromatic hydroxyl groups is 1. The predicted octanol–water partition coefficient (Wildman–Crippen LogP) is 4.74. The van der Waals surface area contributed by atoms with Gasteiger partial charge in [0, 0.05) is 29.7 Å². The monoisotopic (exact) mass is 607 g/mol. The molecule has 3 aromatic carbocycles. The molecule has 0 radical (unpaired) electrons. The van der Waals surface area contributed by atoms with Crippen LogP contribution in [0.4, 0.5) is 17.1 Å². The molecule has 2 heterocycles. The summed E-state index contributed by atoms with van der Waals surface area (Å²) in [7, 11) is 1.47. The molecule has 7 rings (SSSR count). The Morgan fingerprint density at radius 1 is 0.889 bits per heavy atom. The molecule has 2 aliphatic carbocycles. The Kier molecular flexibility index (Phi) is 6.40. The normalized spacial score (nSPS) is 28.8. The Morgan fingerprint density at radius 3 is 2.31 bits per heavy atom. The maximum atomic E-state index is 14.4. The van der Waals surface area contributed by atoms with Gasteiger partial charge in [-0.05, 0) is 49.9 Å². The molecule has 11 nitrogen and oxygen atoms in total. The topological polar surface area (TPSA) is 147 Å². The van der Waals surface area contributed by atoms with E-state index in [-0.39, 0.29) is 30.0 Å². The third-order valence-corrected chi connectivity index (χ3v) is 10.1. The largest absolute Gasteiger partial charge is 0.508 e. The van der Waals surface area contributed by atoms with E-state index >= 15 is 0 Å². The third-order valence-electron chi connectivity index (χ3n) is 10.1. The average molecular weight is 608 g/mol. The lowest BCUT2D eigenvalue weighted by molar-refractivity contribution is -0.384. The Labute approximate surface area is 257 Å². The van der Waals surface area contributed by atoms with E-state index in [0.29, 0.717) is 22.6 Å². The van der Waals surface area contributed by atoms with Gasteiger partial charge in [-0.3, -0.25) is 29.3 Å². The van der Waals surface area contributed by atoms with E-state index in [9.17, 15) is 34.4 Å². The molecule has 0 bridgehead atoms. The SMILES string of the molecule is COc1ccc(C2C3=CCC4C(=O)N(c5cccc([N+](=O)[O-])c5)C(=O)C4C3CC3C(=O)N(c4ccccc4)C(=O)C32C)c(O)c1. The van der Waals surface area contributed by atoms with Crippen LogP contribution >= 0.6 is 0 Å². The summed E-state index contributed by atoms with van der Waals surface area (Å²) in [6, 6.07) is 18.9. The second-order valence-corrected chi connectivity index (χ2v) is 12.2. The van der Waals surface area contributed by atoms with Gasteiger partial charge in [0.05, 0.1) is 46.6 Å². The van der Waals surface area contributed by atoms with Gasteiger partial charge in [-0.1, -0.05) is 42.0 Å². The highest BCUT2D eigenvalue weighted by Gasteiger charge is 2.68. The smallest absolute Gasteiger partial charge is 0.271 e. The highest BCUT2D eigenvalue weighted by atomic mass is 16.6. The zero-order chi connectivity index (χ0) is 31.8. The first-order valence-corrected chi connectivity index (χ1v) is 14.7. The summed E-state index contributed by atoms with van der Waals surface area (Å²) in [5.41, 5.74) is 0.123. The van der Waals surface area contributed by atoms with Gasteiger partial charge < -0.3 is 9.84 Å². The van der Waals surface area contributed by atoms with Crippen LogP contribution in [0.3, 0.4) is 0 Å². The molecule has 228 valence electrons. The van der Waals surface area contributed by atoms with Gasteiger partial charge in [0.25, 0.3) is 5.69 Å². The van der Waals surface area contributed by atoms with Crippen molar-refractivity contribution in [1.29, 1.82) is 0 Å². The number of imide groups is 2. The fourth-order valence-corrected chi connectivity index (χ4v) is 8.08. The molecule has 1 saturated carbocycles. The van der Waals surface area contributed by atoms with Crippen LogP contribution in [0.2, 0.25) is 0 Å². The number of allylic oxidation sites excluding steroid dienone is 2. The van der Waals surface area contributed by atoms with E-state index in [1.807, 2.05) is 6.08 Å². The lowest BCUT2D eigenvalue weighted by atomic mass is 9.51. The summed E-state index contributed by atoms with van der Waals surface area (Å²) in [5.74, 6) is -5.30. The maximum absolute atomic E-state index is 14.4. The fourth-order valence-electron chi connectivity index (χ4n) is 8.08. The summed E-state index contributed by atoms with van der Waals surface area (Å²) >= 11 is 0. The highest BCUT2D eigenvalue weighted by molar-refractivity contribution is 6.25. The second-order valence-electron chi connectivity index (χ2n) is 12.2. The molecule has 4 amide bonds. The third kappa shape index (κ3) is 3.96. The lowest BCUT2D eigenvalue weighted by Crippen LogP contribution is -2.48. The van der Waals surface area contributed by atoms with E-state index in [0.717, 1.165) is 4.90 Å². The molecule has 2 aliphatic heterocycles. The van der Waals surface area contributed by atoms with Crippen molar-refractivity contribution in [1.82, 2.24) is 0 Å². The number of methoxy groups -OCH3 is 1. The molecule has 0 spiro atoms. The minimum Gasteiger partial charge on any atom is -0.508 e. The number of nitro benzene ring substituents is 1. The number of carbonyl (C=O) groups excluding carboxylic acids is 4. The molecule has 3 aromatic rings. The number of benzene rings is 3. The Morgan fingerprint density at radius 2 is 1.62 bits per heavy atom. The van der Waals surface area contributed by atoms with Gasteiger partial charge in [-0.2, -0.15) is 0 Å². The van der Waals surface area contributed by atoms with Gasteiger partial charge in [0.15, 0.2) is 0 Å². The Bertz CT molecular complexity index is 1840. The minimum atomic E-state index is -1.31. The van der Waals surface area contributed by atoms with Crippen molar-refractivity contribution in [2.75, 3.05) is 16.9 Å². The van der Waals surface area contributed by atoms with Gasteiger partial charge >= 0.3 is 0 Å². The molecule has 1 N–H and O–H groups in total. The summed E-state index contributed by atoms with van der Waals surface area (Å²) < 4.78 is 5.29. The van der Waals surface area contributed by atoms with Gasteiger partial charge in [-0.25, -0.2) is 9.80 Å². The number of rotatable bonds is 5. The van der Waals surface area contributed by atoms with E-state index in [4.69, 9.17) is 4.74 Å². The van der Waals surface area contributed by atoms with Crippen LogP contribution in [-0.4, -0.2) is 40.8 Å². The van der Waals surface area contributed by atoms with Crippen LogP contribution in [0.25, 0.3) is 0 Å². The van der Waals surface area contributed by atoms with Crippen LogP contribution in [0, 0.1) is 39.2 Å². The molecule has 3 fully saturated rings. The number of carbonyl (C=O) groups is 4. The van der Waals surface area contributed by atoms with Crippen molar-refractivity contribution < 1.29 is 33.9 Å². The molecule has 0 aromatic heterocycles. The van der Waals surface area contributed by atoms with Crippen molar-refractivity contribution in [2.24, 2.45) is 29.1 Å². The van der Waals surface area contributed by atoms with E-state index in [1.54, 1.807) is 49.4 Å². The summed E-state index contributed by atoms with van der Waals surface area (Å²) in [5, 5.41) is 22.7. The van der Waals surface area contributed by atoms with Crippen LogP contribution in [0.15, 0.2) is 84.4 Å². The zero-order valence-corrected chi connectivity index (χ0v) is 24.5. The van der Waals surface area contributed by atoms with Crippen LogP contribution in [0.1, 0.15) is 31.2 Å². The first-order chi connectivity index (χ1) is 21.6. The second kappa shape index (κ2) is 10.1. The van der Waals surface area contributed by atoms with Crippen molar-refractivity contribution in [3.63, 3.8) is 0 Å². The minimum absolute atomic E-state index is 0.113. The quantitative estimate of drug-likeness (QED) is 0.189. The van der Waals surface area contributed by atoms with Gasteiger partial charge in [0.2, 0.25) is 23.6 Å². The highest BCUT2D eigenvalue weighted by Crippen LogP contribution is 2.64. The molecule has 11 heteroatoms. The van der Waals surface area contributed by atoms with E-state index in [2.05, 4.69) is 0 Å². The van der Waals surface area contributed by atoms with Crippen molar-refractivity contribution in [3.8, 4) is 11.5 Å². The Hall–Kier alpha value is -5.32. The van der Waals surface area contributed by atoms with Crippen molar-refractivity contribution in [3.05, 3.63) is 100 Å². The number of nitrogens with zero attached hydrogens (tertiary/aromatic N) is 3. The number of phenolic OH excluding ortho intramolecular Hbond substituents is 1. The molecule has 2 saturated heterocycles. The number of anilines is 2. The first-order valence-electron chi connectivity index (χ1n) is 14.7. The molecule has 4 aliphatic rings.